The Morgan fingerprint density at radius 1 is 1.00 bits per heavy atom. The van der Waals surface area contributed by atoms with Gasteiger partial charge in [-0.1, -0.05) is 50.1 Å². The summed E-state index contributed by atoms with van der Waals surface area (Å²) in [5.41, 5.74) is 1.52. The van der Waals surface area contributed by atoms with E-state index >= 15 is 0 Å². The van der Waals surface area contributed by atoms with E-state index in [-0.39, 0.29) is 18.4 Å². The molecule has 1 fully saturated rings. The molecule has 1 heterocycles. The number of hydrogen-bond acceptors (Lipinski definition) is 5. The molecular formula is C25H30ClN3O4. The zero-order chi connectivity index (χ0) is 23.8. The Balaban J connectivity index is 1.51. The van der Waals surface area contributed by atoms with Gasteiger partial charge in [-0.15, -0.1) is 0 Å². The number of carbonyl (C=O) groups excluding carboxylic acids is 3. The lowest BCUT2D eigenvalue weighted by Crippen LogP contribution is -2.51. The van der Waals surface area contributed by atoms with Crippen molar-refractivity contribution in [1.29, 1.82) is 0 Å². The van der Waals surface area contributed by atoms with Gasteiger partial charge in [-0.2, -0.15) is 0 Å². The summed E-state index contributed by atoms with van der Waals surface area (Å²) < 4.78 is 5.33. The van der Waals surface area contributed by atoms with Crippen LogP contribution in [0.3, 0.4) is 0 Å². The molecule has 176 valence electrons. The summed E-state index contributed by atoms with van der Waals surface area (Å²) in [5.74, 6) is -1.39. The maximum Gasteiger partial charge on any atom is 0.329 e. The summed E-state index contributed by atoms with van der Waals surface area (Å²) in [4.78, 5) is 41.9. The highest BCUT2D eigenvalue weighted by molar-refractivity contribution is 6.30. The molecular weight excluding hydrogens is 442 g/mol. The molecule has 1 aliphatic heterocycles. The van der Waals surface area contributed by atoms with Crippen LogP contribution < -0.4 is 10.2 Å². The Morgan fingerprint density at radius 3 is 2.24 bits per heavy atom. The number of rotatable bonds is 8. The van der Waals surface area contributed by atoms with E-state index < -0.39 is 17.9 Å². The molecule has 8 heteroatoms. The number of nitrogens with one attached hydrogen (secondary N) is 1. The number of amides is 2. The largest absolute Gasteiger partial charge is 0.454 e. The molecule has 0 saturated carbocycles. The highest BCUT2D eigenvalue weighted by Gasteiger charge is 2.29. The average Bonchev–Trinajstić information content (AvgIpc) is 2.86. The smallest absolute Gasteiger partial charge is 0.329 e. The van der Waals surface area contributed by atoms with Gasteiger partial charge in [0.15, 0.2) is 6.61 Å². The van der Waals surface area contributed by atoms with Crippen LogP contribution in [0.2, 0.25) is 5.02 Å². The van der Waals surface area contributed by atoms with Gasteiger partial charge in [0.2, 0.25) is 0 Å². The van der Waals surface area contributed by atoms with Gasteiger partial charge in [-0.05, 0) is 42.3 Å². The number of hydrogen-bond donors (Lipinski definition) is 1. The van der Waals surface area contributed by atoms with Crippen LogP contribution >= 0.6 is 11.6 Å². The van der Waals surface area contributed by atoms with E-state index in [4.69, 9.17) is 16.3 Å². The van der Waals surface area contributed by atoms with Crippen LogP contribution in [0, 0.1) is 5.92 Å². The van der Waals surface area contributed by atoms with E-state index in [2.05, 4.69) is 10.2 Å². The van der Waals surface area contributed by atoms with Crippen molar-refractivity contribution in [3.05, 3.63) is 65.2 Å². The van der Waals surface area contributed by atoms with Crippen molar-refractivity contribution < 1.29 is 19.1 Å². The van der Waals surface area contributed by atoms with Gasteiger partial charge in [0.25, 0.3) is 11.8 Å². The predicted molar refractivity (Wildman–Crippen MR) is 128 cm³/mol. The van der Waals surface area contributed by atoms with E-state index in [1.165, 1.54) is 0 Å². The molecule has 0 aromatic heterocycles. The molecule has 2 atom stereocenters. The summed E-state index contributed by atoms with van der Waals surface area (Å²) in [6, 6.07) is 15.6. The van der Waals surface area contributed by atoms with Gasteiger partial charge in [0, 0.05) is 42.5 Å². The number of nitrogens with zero attached hydrogens (tertiary/aromatic N) is 2. The van der Waals surface area contributed by atoms with Gasteiger partial charge in [0.05, 0.1) is 0 Å². The molecule has 1 saturated heterocycles. The fourth-order valence-electron chi connectivity index (χ4n) is 3.66. The summed E-state index contributed by atoms with van der Waals surface area (Å²) >= 11 is 5.88. The molecule has 1 N–H and O–H groups in total. The molecule has 1 aliphatic rings. The standard InChI is InChI=1S/C25H30ClN3O4/c1-3-18(2)23(27-24(31)19-9-11-20(26)12-10-19)25(32)33-17-22(30)29-15-13-28(14-16-29)21-7-5-4-6-8-21/h4-12,18,23H,3,13-17H2,1-2H3,(H,27,31)/t18-,23-/m0/s1. The minimum Gasteiger partial charge on any atom is -0.454 e. The van der Waals surface area contributed by atoms with Gasteiger partial charge in [-0.3, -0.25) is 9.59 Å². The van der Waals surface area contributed by atoms with Crippen molar-refractivity contribution in [2.24, 2.45) is 5.92 Å². The van der Waals surface area contributed by atoms with Crippen molar-refractivity contribution in [1.82, 2.24) is 10.2 Å². The van der Waals surface area contributed by atoms with E-state index in [0.29, 0.717) is 30.1 Å². The monoisotopic (exact) mass is 471 g/mol. The minimum atomic E-state index is -0.846. The van der Waals surface area contributed by atoms with Gasteiger partial charge in [-0.25, -0.2) is 4.79 Å². The van der Waals surface area contributed by atoms with Crippen LogP contribution in [-0.4, -0.2) is 61.5 Å². The third kappa shape index (κ3) is 6.71. The number of para-hydroxylation sites is 1. The lowest BCUT2D eigenvalue weighted by Gasteiger charge is -2.36. The number of benzene rings is 2. The number of carbonyl (C=O) groups is 3. The first-order valence-electron chi connectivity index (χ1n) is 11.2. The summed E-state index contributed by atoms with van der Waals surface area (Å²) in [7, 11) is 0. The molecule has 0 radical (unpaired) electrons. The highest BCUT2D eigenvalue weighted by atomic mass is 35.5. The zero-order valence-corrected chi connectivity index (χ0v) is 19.8. The highest BCUT2D eigenvalue weighted by Crippen LogP contribution is 2.16. The van der Waals surface area contributed by atoms with Crippen molar-refractivity contribution in [3.8, 4) is 0 Å². The minimum absolute atomic E-state index is 0.154. The second-order valence-electron chi connectivity index (χ2n) is 8.15. The lowest BCUT2D eigenvalue weighted by atomic mass is 9.99. The number of halogens is 1. The number of esters is 1. The Bertz CT molecular complexity index is 944. The van der Waals surface area contributed by atoms with Crippen LogP contribution in [0.1, 0.15) is 30.6 Å². The van der Waals surface area contributed by atoms with E-state index in [0.717, 1.165) is 18.8 Å². The quantitative estimate of drug-likeness (QED) is 0.597. The molecule has 0 spiro atoms. The average molecular weight is 472 g/mol. The zero-order valence-electron chi connectivity index (χ0n) is 19.0. The molecule has 3 rings (SSSR count). The summed E-state index contributed by atoms with van der Waals surface area (Å²) in [6.07, 6.45) is 0.663. The molecule has 33 heavy (non-hydrogen) atoms. The summed E-state index contributed by atoms with van der Waals surface area (Å²) in [5, 5.41) is 3.26. The Hall–Kier alpha value is -3.06. The molecule has 0 aliphatic carbocycles. The van der Waals surface area contributed by atoms with Gasteiger partial charge >= 0.3 is 5.97 Å². The first kappa shape index (κ1) is 24.6. The van der Waals surface area contributed by atoms with Crippen LogP contribution in [0.4, 0.5) is 5.69 Å². The third-order valence-corrected chi connectivity index (χ3v) is 6.20. The van der Waals surface area contributed by atoms with Crippen molar-refractivity contribution in [2.75, 3.05) is 37.7 Å². The normalized spacial score (nSPS) is 15.5. The van der Waals surface area contributed by atoms with E-state index in [1.54, 1.807) is 29.2 Å². The molecule has 2 aromatic rings. The maximum atomic E-state index is 12.8. The predicted octanol–water partition coefficient (Wildman–Crippen LogP) is 3.38. The van der Waals surface area contributed by atoms with Gasteiger partial charge < -0.3 is 19.9 Å². The van der Waals surface area contributed by atoms with E-state index in [9.17, 15) is 14.4 Å². The fourth-order valence-corrected chi connectivity index (χ4v) is 3.79. The number of ether oxygens (including phenoxy) is 1. The topological polar surface area (TPSA) is 78.9 Å². The van der Waals surface area contributed by atoms with E-state index in [1.807, 2.05) is 44.2 Å². The SMILES string of the molecule is CC[C@H](C)[C@H](NC(=O)c1ccc(Cl)cc1)C(=O)OCC(=O)N1CCN(c2ccccc2)CC1. The van der Waals surface area contributed by atoms with Crippen LogP contribution in [0.15, 0.2) is 54.6 Å². The first-order valence-corrected chi connectivity index (χ1v) is 11.6. The van der Waals surface area contributed by atoms with Crippen molar-refractivity contribution in [3.63, 3.8) is 0 Å². The number of anilines is 1. The van der Waals surface area contributed by atoms with Crippen LogP contribution in [0.25, 0.3) is 0 Å². The first-order chi connectivity index (χ1) is 15.9. The Labute approximate surface area is 199 Å². The van der Waals surface area contributed by atoms with Crippen molar-refractivity contribution in [2.45, 2.75) is 26.3 Å². The molecule has 7 nitrogen and oxygen atoms in total. The third-order valence-electron chi connectivity index (χ3n) is 5.95. The van der Waals surface area contributed by atoms with Gasteiger partial charge in [0.1, 0.15) is 6.04 Å². The second kappa shape index (κ2) is 11.7. The Morgan fingerprint density at radius 2 is 1.64 bits per heavy atom. The molecule has 0 bridgehead atoms. The summed E-state index contributed by atoms with van der Waals surface area (Å²) in [6.45, 7) is 6.01. The molecule has 2 aromatic carbocycles. The van der Waals surface area contributed by atoms with Crippen molar-refractivity contribution >= 4 is 35.1 Å². The van der Waals surface area contributed by atoms with Crippen LogP contribution in [0.5, 0.6) is 0 Å². The molecule has 0 unspecified atom stereocenters. The number of piperazine rings is 1. The lowest BCUT2D eigenvalue weighted by molar-refractivity contribution is -0.154. The maximum absolute atomic E-state index is 12.8. The Kier molecular flexibility index (Phi) is 8.72. The van der Waals surface area contributed by atoms with Crippen LogP contribution in [-0.2, 0) is 14.3 Å². The second-order valence-corrected chi connectivity index (χ2v) is 8.59. The molecule has 2 amide bonds. The fraction of sp³-hybridized carbons (Fsp3) is 0.400.